The molecule has 8 heteroatoms. The largest absolute Gasteiger partial charge is 0.302 e. The second-order valence-electron chi connectivity index (χ2n) is 4.46. The number of rotatable bonds is 4. The fourth-order valence-corrected chi connectivity index (χ4v) is 1.97. The summed E-state index contributed by atoms with van der Waals surface area (Å²) in [6.07, 6.45) is 0.578. The molecule has 106 valence electrons. The minimum Gasteiger partial charge on any atom is -0.302 e. The minimum absolute atomic E-state index is 0.102. The first kappa shape index (κ1) is 14.1. The third-order valence-corrected chi connectivity index (χ3v) is 2.94. The van der Waals surface area contributed by atoms with Gasteiger partial charge in [-0.1, -0.05) is 0 Å². The van der Waals surface area contributed by atoms with E-state index in [1.54, 1.807) is 0 Å². The average molecular weight is 281 g/mol. The van der Waals surface area contributed by atoms with Crippen LogP contribution in [0, 0.1) is 15.9 Å². The van der Waals surface area contributed by atoms with Gasteiger partial charge in [0.05, 0.1) is 17.0 Å². The SMILES string of the molecule is O=C1CCC(NCc2cc(F)cc([N+](=O)[O-])c2)C(=O)N1. The summed E-state index contributed by atoms with van der Waals surface area (Å²) < 4.78 is 13.2. The van der Waals surface area contributed by atoms with E-state index in [1.807, 2.05) is 0 Å². The zero-order chi connectivity index (χ0) is 14.7. The van der Waals surface area contributed by atoms with Crippen molar-refractivity contribution in [3.8, 4) is 0 Å². The summed E-state index contributed by atoms with van der Waals surface area (Å²) >= 11 is 0. The molecular formula is C12H12FN3O4. The van der Waals surface area contributed by atoms with Crippen molar-refractivity contribution in [2.75, 3.05) is 0 Å². The van der Waals surface area contributed by atoms with Crippen LogP contribution in [0.15, 0.2) is 18.2 Å². The van der Waals surface area contributed by atoms with E-state index >= 15 is 0 Å². The third kappa shape index (κ3) is 3.35. The van der Waals surface area contributed by atoms with E-state index in [4.69, 9.17) is 0 Å². The lowest BCUT2D eigenvalue weighted by molar-refractivity contribution is -0.385. The highest BCUT2D eigenvalue weighted by atomic mass is 19.1. The number of benzene rings is 1. The molecule has 0 spiro atoms. The average Bonchev–Trinajstić information content (AvgIpc) is 2.37. The molecule has 1 fully saturated rings. The normalized spacial score (nSPS) is 18.8. The lowest BCUT2D eigenvalue weighted by Gasteiger charge is -2.21. The maximum Gasteiger partial charge on any atom is 0.272 e. The van der Waals surface area contributed by atoms with E-state index in [-0.39, 0.29) is 24.6 Å². The molecule has 0 aliphatic carbocycles. The molecule has 1 saturated heterocycles. The zero-order valence-corrected chi connectivity index (χ0v) is 10.4. The molecule has 1 unspecified atom stereocenters. The summed E-state index contributed by atoms with van der Waals surface area (Å²) in [7, 11) is 0. The molecule has 2 rings (SSSR count). The highest BCUT2D eigenvalue weighted by Crippen LogP contribution is 2.16. The number of nitrogens with one attached hydrogen (secondary N) is 2. The Morgan fingerprint density at radius 3 is 2.80 bits per heavy atom. The molecule has 0 bridgehead atoms. The van der Waals surface area contributed by atoms with Gasteiger partial charge in [0.25, 0.3) is 5.69 Å². The van der Waals surface area contributed by atoms with Gasteiger partial charge in [0.2, 0.25) is 11.8 Å². The minimum atomic E-state index is -0.709. The summed E-state index contributed by atoms with van der Waals surface area (Å²) in [4.78, 5) is 32.4. The summed E-state index contributed by atoms with van der Waals surface area (Å²) in [5.74, 6) is -1.47. The quantitative estimate of drug-likeness (QED) is 0.479. The van der Waals surface area contributed by atoms with E-state index in [2.05, 4.69) is 10.6 Å². The molecular weight excluding hydrogens is 269 g/mol. The van der Waals surface area contributed by atoms with Crippen LogP contribution in [0.5, 0.6) is 0 Å². The Bertz CT molecular complexity index is 576. The van der Waals surface area contributed by atoms with Crippen molar-refractivity contribution in [3.63, 3.8) is 0 Å². The van der Waals surface area contributed by atoms with Crippen molar-refractivity contribution in [2.24, 2.45) is 0 Å². The Labute approximate surface area is 113 Å². The van der Waals surface area contributed by atoms with Crippen molar-refractivity contribution in [1.29, 1.82) is 0 Å². The number of carbonyl (C=O) groups excluding carboxylic acids is 2. The van der Waals surface area contributed by atoms with E-state index < -0.39 is 22.7 Å². The fraction of sp³-hybridized carbons (Fsp3) is 0.333. The van der Waals surface area contributed by atoms with Gasteiger partial charge in [-0.25, -0.2) is 4.39 Å². The Morgan fingerprint density at radius 1 is 1.40 bits per heavy atom. The van der Waals surface area contributed by atoms with Crippen molar-refractivity contribution in [1.82, 2.24) is 10.6 Å². The number of hydrogen-bond donors (Lipinski definition) is 2. The third-order valence-electron chi connectivity index (χ3n) is 2.94. The second-order valence-corrected chi connectivity index (χ2v) is 4.46. The molecule has 1 atom stereocenters. The topological polar surface area (TPSA) is 101 Å². The Hall–Kier alpha value is -2.35. The first-order chi connectivity index (χ1) is 9.45. The monoisotopic (exact) mass is 281 g/mol. The van der Waals surface area contributed by atoms with Gasteiger partial charge in [0.1, 0.15) is 5.82 Å². The summed E-state index contributed by atoms with van der Waals surface area (Å²) in [6.45, 7) is 0.102. The van der Waals surface area contributed by atoms with E-state index in [0.717, 1.165) is 12.1 Å². The Kier molecular flexibility index (Phi) is 4.04. The maximum absolute atomic E-state index is 13.2. The number of halogens is 1. The van der Waals surface area contributed by atoms with Gasteiger partial charge in [0.15, 0.2) is 0 Å². The van der Waals surface area contributed by atoms with Crippen LogP contribution in [0.3, 0.4) is 0 Å². The number of hydrogen-bond acceptors (Lipinski definition) is 5. The van der Waals surface area contributed by atoms with Crippen LogP contribution < -0.4 is 10.6 Å². The molecule has 20 heavy (non-hydrogen) atoms. The molecule has 1 aliphatic heterocycles. The smallest absolute Gasteiger partial charge is 0.272 e. The van der Waals surface area contributed by atoms with Crippen molar-refractivity contribution >= 4 is 17.5 Å². The molecule has 0 radical (unpaired) electrons. The van der Waals surface area contributed by atoms with Gasteiger partial charge in [-0.3, -0.25) is 25.0 Å². The van der Waals surface area contributed by atoms with Gasteiger partial charge < -0.3 is 5.32 Å². The molecule has 1 heterocycles. The molecule has 2 amide bonds. The summed E-state index contributed by atoms with van der Waals surface area (Å²) in [5.41, 5.74) is 0.0199. The molecule has 1 aromatic rings. The number of non-ortho nitro benzene ring substituents is 1. The van der Waals surface area contributed by atoms with Gasteiger partial charge in [-0.15, -0.1) is 0 Å². The molecule has 7 nitrogen and oxygen atoms in total. The number of nitro groups is 1. The number of piperidine rings is 1. The van der Waals surface area contributed by atoms with Crippen LogP contribution in [0.2, 0.25) is 0 Å². The molecule has 0 aromatic heterocycles. The lowest BCUT2D eigenvalue weighted by atomic mass is 10.1. The Morgan fingerprint density at radius 2 is 2.15 bits per heavy atom. The van der Waals surface area contributed by atoms with Crippen molar-refractivity contribution < 1.29 is 18.9 Å². The van der Waals surface area contributed by atoms with E-state index in [0.29, 0.717) is 12.0 Å². The highest BCUT2D eigenvalue weighted by molar-refractivity contribution is 6.00. The van der Waals surface area contributed by atoms with Crippen molar-refractivity contribution in [2.45, 2.75) is 25.4 Å². The van der Waals surface area contributed by atoms with Crippen molar-refractivity contribution in [3.05, 3.63) is 39.7 Å². The summed E-state index contributed by atoms with van der Waals surface area (Å²) in [6, 6.07) is 2.67. The van der Waals surface area contributed by atoms with Gasteiger partial charge in [0, 0.05) is 19.0 Å². The first-order valence-corrected chi connectivity index (χ1v) is 5.96. The van der Waals surface area contributed by atoms with Crippen LogP contribution in [0.4, 0.5) is 10.1 Å². The van der Waals surface area contributed by atoms with Crippen LogP contribution in [-0.2, 0) is 16.1 Å². The van der Waals surface area contributed by atoms with E-state index in [9.17, 15) is 24.1 Å². The van der Waals surface area contributed by atoms with Crippen LogP contribution >= 0.6 is 0 Å². The molecule has 0 saturated carbocycles. The zero-order valence-electron chi connectivity index (χ0n) is 10.4. The molecule has 1 aliphatic rings. The standard InChI is InChI=1S/C12H12FN3O4/c13-8-3-7(4-9(5-8)16(19)20)6-14-10-1-2-11(17)15-12(10)18/h3-5,10,14H,1-2,6H2,(H,15,17,18). The first-order valence-electron chi connectivity index (χ1n) is 5.96. The number of carbonyl (C=O) groups is 2. The maximum atomic E-state index is 13.2. The highest BCUT2D eigenvalue weighted by Gasteiger charge is 2.25. The second kappa shape index (κ2) is 5.74. The van der Waals surface area contributed by atoms with Gasteiger partial charge in [-0.05, 0) is 18.1 Å². The van der Waals surface area contributed by atoms with Gasteiger partial charge >= 0.3 is 0 Å². The number of imide groups is 1. The number of nitro benzene ring substituents is 1. The fourth-order valence-electron chi connectivity index (χ4n) is 1.97. The predicted octanol–water partition coefficient (Wildman–Crippen LogP) is 0.629. The molecule has 1 aromatic carbocycles. The Balaban J connectivity index is 2.02. The number of nitrogens with zero attached hydrogens (tertiary/aromatic N) is 1. The van der Waals surface area contributed by atoms with Gasteiger partial charge in [-0.2, -0.15) is 0 Å². The predicted molar refractivity (Wildman–Crippen MR) is 66.1 cm³/mol. The lowest BCUT2D eigenvalue weighted by Crippen LogP contribution is -2.50. The van der Waals surface area contributed by atoms with E-state index in [1.165, 1.54) is 6.07 Å². The number of amides is 2. The van der Waals surface area contributed by atoms with Crippen LogP contribution in [0.1, 0.15) is 18.4 Å². The van der Waals surface area contributed by atoms with Crippen LogP contribution in [0.25, 0.3) is 0 Å². The molecule has 2 N–H and O–H groups in total. The summed E-state index contributed by atoms with van der Waals surface area (Å²) in [5, 5.41) is 15.6. The van der Waals surface area contributed by atoms with Crippen LogP contribution in [-0.4, -0.2) is 22.8 Å².